The van der Waals surface area contributed by atoms with Crippen LogP contribution < -0.4 is 5.32 Å². The molecule has 1 amide bonds. The van der Waals surface area contributed by atoms with E-state index in [-0.39, 0.29) is 17.1 Å². The van der Waals surface area contributed by atoms with Crippen LogP contribution in [0.25, 0.3) is 0 Å². The smallest absolute Gasteiger partial charge is 0.306 e. The number of hydrogen-bond donors (Lipinski definition) is 1. The minimum atomic E-state index is -0.244. The van der Waals surface area contributed by atoms with Crippen molar-refractivity contribution in [1.29, 1.82) is 5.26 Å². The molecule has 0 fully saturated rings. The average Bonchev–Trinajstić information content (AvgIpc) is 2.85. The molecule has 0 saturated heterocycles. The standard InChI is InChI=1S/C13H16N2O3S2/c1-9(7-12(17)18-2)19-6-4-11(16)15-13-10(8-14)3-5-20-13/h3,5,9H,4,6-7H2,1-2H3,(H,15,16). The Kier molecular flexibility index (Phi) is 7.12. The van der Waals surface area contributed by atoms with E-state index in [0.717, 1.165) is 0 Å². The van der Waals surface area contributed by atoms with E-state index >= 15 is 0 Å². The summed E-state index contributed by atoms with van der Waals surface area (Å²) < 4.78 is 4.58. The monoisotopic (exact) mass is 312 g/mol. The molecule has 1 N–H and O–H groups in total. The molecule has 108 valence electrons. The number of carbonyl (C=O) groups is 2. The molecule has 1 unspecified atom stereocenters. The number of methoxy groups -OCH3 is 1. The number of nitriles is 1. The van der Waals surface area contributed by atoms with Crippen molar-refractivity contribution in [3.05, 3.63) is 17.0 Å². The van der Waals surface area contributed by atoms with Gasteiger partial charge in [0.05, 0.1) is 19.1 Å². The molecule has 0 aliphatic heterocycles. The highest BCUT2D eigenvalue weighted by atomic mass is 32.2. The summed E-state index contributed by atoms with van der Waals surface area (Å²) in [5.74, 6) is 0.255. The summed E-state index contributed by atoms with van der Waals surface area (Å²) in [5.41, 5.74) is 0.482. The van der Waals surface area contributed by atoms with Gasteiger partial charge in [-0.3, -0.25) is 9.59 Å². The molecule has 0 aliphatic carbocycles. The van der Waals surface area contributed by atoms with Gasteiger partial charge in [-0.15, -0.1) is 11.3 Å². The Morgan fingerprint density at radius 3 is 3.00 bits per heavy atom. The largest absolute Gasteiger partial charge is 0.469 e. The fourth-order valence-corrected chi connectivity index (χ4v) is 3.13. The minimum Gasteiger partial charge on any atom is -0.469 e. The molecule has 1 atom stereocenters. The van der Waals surface area contributed by atoms with Crippen LogP contribution in [0.1, 0.15) is 25.3 Å². The first-order valence-corrected chi connectivity index (χ1v) is 7.95. The molecule has 0 aromatic carbocycles. The molecule has 1 aromatic heterocycles. The fraction of sp³-hybridized carbons (Fsp3) is 0.462. The number of esters is 1. The van der Waals surface area contributed by atoms with E-state index in [0.29, 0.717) is 29.2 Å². The van der Waals surface area contributed by atoms with Gasteiger partial charge in [-0.2, -0.15) is 17.0 Å². The van der Waals surface area contributed by atoms with Crippen molar-refractivity contribution in [2.24, 2.45) is 0 Å². The summed E-state index contributed by atoms with van der Waals surface area (Å²) in [4.78, 5) is 22.8. The second kappa shape index (κ2) is 8.61. The maximum Gasteiger partial charge on any atom is 0.306 e. The van der Waals surface area contributed by atoms with Crippen LogP contribution in [0.15, 0.2) is 11.4 Å². The zero-order valence-electron chi connectivity index (χ0n) is 11.3. The first-order chi connectivity index (χ1) is 9.56. The minimum absolute atomic E-state index is 0.117. The number of nitrogens with one attached hydrogen (secondary N) is 1. The number of thioether (sulfide) groups is 1. The second-order valence-corrected chi connectivity index (χ2v) is 6.50. The molecular weight excluding hydrogens is 296 g/mol. The third-order valence-corrected chi connectivity index (χ3v) is 4.46. The van der Waals surface area contributed by atoms with Crippen molar-refractivity contribution < 1.29 is 14.3 Å². The van der Waals surface area contributed by atoms with Gasteiger partial charge in [0.1, 0.15) is 11.1 Å². The predicted molar refractivity (Wildman–Crippen MR) is 80.8 cm³/mol. The zero-order chi connectivity index (χ0) is 15.0. The molecule has 20 heavy (non-hydrogen) atoms. The molecule has 0 bridgehead atoms. The molecule has 1 aromatic rings. The lowest BCUT2D eigenvalue weighted by molar-refractivity contribution is -0.140. The lowest BCUT2D eigenvalue weighted by Crippen LogP contribution is -2.14. The summed E-state index contributed by atoms with van der Waals surface area (Å²) in [7, 11) is 1.36. The number of nitrogens with zero attached hydrogens (tertiary/aromatic N) is 1. The highest BCUT2D eigenvalue weighted by molar-refractivity contribution is 7.99. The fourth-order valence-electron chi connectivity index (χ4n) is 1.41. The van der Waals surface area contributed by atoms with E-state index in [1.807, 2.05) is 13.0 Å². The van der Waals surface area contributed by atoms with Crippen LogP contribution in [0, 0.1) is 11.3 Å². The Balaban J connectivity index is 2.27. The van der Waals surface area contributed by atoms with Gasteiger partial charge in [0.2, 0.25) is 5.91 Å². The Morgan fingerprint density at radius 1 is 1.60 bits per heavy atom. The van der Waals surface area contributed by atoms with E-state index in [9.17, 15) is 9.59 Å². The molecule has 7 heteroatoms. The molecule has 1 rings (SSSR count). The van der Waals surface area contributed by atoms with Gasteiger partial charge >= 0.3 is 5.97 Å². The van der Waals surface area contributed by atoms with Crippen molar-refractivity contribution in [2.75, 3.05) is 18.2 Å². The third kappa shape index (κ3) is 5.63. The number of hydrogen-bond acceptors (Lipinski definition) is 6. The van der Waals surface area contributed by atoms with Crippen LogP contribution in [-0.4, -0.2) is 30.0 Å². The molecule has 0 radical (unpaired) electrons. The van der Waals surface area contributed by atoms with Crippen LogP contribution in [0.3, 0.4) is 0 Å². The van der Waals surface area contributed by atoms with Crippen molar-refractivity contribution >= 4 is 40.0 Å². The van der Waals surface area contributed by atoms with Crippen LogP contribution in [-0.2, 0) is 14.3 Å². The predicted octanol–water partition coefficient (Wildman–Crippen LogP) is 2.63. The Labute approximate surface area is 126 Å². The number of ether oxygens (including phenoxy) is 1. The van der Waals surface area contributed by atoms with Gasteiger partial charge in [-0.1, -0.05) is 6.92 Å². The quantitative estimate of drug-likeness (QED) is 0.783. The lowest BCUT2D eigenvalue weighted by atomic mass is 10.3. The molecule has 1 heterocycles. The summed E-state index contributed by atoms with van der Waals surface area (Å²) in [6, 6.07) is 3.70. The average molecular weight is 312 g/mol. The molecule has 0 spiro atoms. The number of thiophene rings is 1. The molecule has 0 aliphatic rings. The van der Waals surface area contributed by atoms with E-state index in [1.165, 1.54) is 18.4 Å². The Hall–Kier alpha value is -1.52. The number of rotatable bonds is 7. The van der Waals surface area contributed by atoms with Gasteiger partial charge in [0.25, 0.3) is 0 Å². The van der Waals surface area contributed by atoms with E-state index < -0.39 is 0 Å². The van der Waals surface area contributed by atoms with Gasteiger partial charge < -0.3 is 10.1 Å². The van der Waals surface area contributed by atoms with Crippen molar-refractivity contribution in [3.63, 3.8) is 0 Å². The van der Waals surface area contributed by atoms with Crippen LogP contribution in [0.4, 0.5) is 5.00 Å². The van der Waals surface area contributed by atoms with Crippen molar-refractivity contribution in [2.45, 2.75) is 25.0 Å². The second-order valence-electron chi connectivity index (χ2n) is 4.04. The topological polar surface area (TPSA) is 79.2 Å². The summed E-state index contributed by atoms with van der Waals surface area (Å²) in [5, 5.41) is 14.0. The van der Waals surface area contributed by atoms with Gasteiger partial charge in [0.15, 0.2) is 0 Å². The lowest BCUT2D eigenvalue weighted by Gasteiger charge is -2.09. The first-order valence-electron chi connectivity index (χ1n) is 6.02. The van der Waals surface area contributed by atoms with Crippen LogP contribution in [0.5, 0.6) is 0 Å². The van der Waals surface area contributed by atoms with Crippen LogP contribution in [0.2, 0.25) is 0 Å². The summed E-state index contributed by atoms with van der Waals surface area (Å²) in [6.07, 6.45) is 0.686. The zero-order valence-corrected chi connectivity index (χ0v) is 13.0. The highest BCUT2D eigenvalue weighted by Gasteiger charge is 2.12. The number of carbonyl (C=O) groups excluding carboxylic acids is 2. The number of amides is 1. The number of anilines is 1. The Bertz CT molecular complexity index is 508. The molecular formula is C13H16N2O3S2. The van der Waals surface area contributed by atoms with E-state index in [2.05, 4.69) is 10.1 Å². The molecule has 5 nitrogen and oxygen atoms in total. The van der Waals surface area contributed by atoms with Gasteiger partial charge in [0, 0.05) is 17.4 Å². The SMILES string of the molecule is COC(=O)CC(C)SCCC(=O)Nc1sccc1C#N. The third-order valence-electron chi connectivity index (χ3n) is 2.45. The highest BCUT2D eigenvalue weighted by Crippen LogP contribution is 2.22. The van der Waals surface area contributed by atoms with E-state index in [1.54, 1.807) is 23.2 Å². The summed E-state index contributed by atoms with van der Waals surface area (Å²) >= 11 is 2.88. The van der Waals surface area contributed by atoms with Crippen molar-refractivity contribution in [3.8, 4) is 6.07 Å². The van der Waals surface area contributed by atoms with Gasteiger partial charge in [-0.05, 0) is 11.4 Å². The maximum atomic E-state index is 11.7. The summed E-state index contributed by atoms with van der Waals surface area (Å²) in [6.45, 7) is 1.92. The van der Waals surface area contributed by atoms with Gasteiger partial charge in [-0.25, -0.2) is 0 Å². The molecule has 0 saturated carbocycles. The normalized spacial score (nSPS) is 11.4. The van der Waals surface area contributed by atoms with Crippen molar-refractivity contribution in [1.82, 2.24) is 0 Å². The van der Waals surface area contributed by atoms with E-state index in [4.69, 9.17) is 5.26 Å². The first kappa shape index (κ1) is 16.5. The van der Waals surface area contributed by atoms with Crippen LogP contribution >= 0.6 is 23.1 Å². The Morgan fingerprint density at radius 2 is 2.35 bits per heavy atom. The maximum absolute atomic E-state index is 11.7.